The van der Waals surface area contributed by atoms with Crippen LogP contribution in [0.15, 0.2) is 36.7 Å². The average molecular weight is 467 g/mol. The molecule has 2 N–H and O–H groups in total. The van der Waals surface area contributed by atoms with Crippen molar-refractivity contribution in [3.05, 3.63) is 53.6 Å². The van der Waals surface area contributed by atoms with Crippen molar-refractivity contribution < 1.29 is 27.9 Å². The number of hydrogen-bond acceptors (Lipinski definition) is 5. The lowest BCUT2D eigenvalue weighted by Crippen LogP contribution is -2.31. The van der Waals surface area contributed by atoms with E-state index in [-0.39, 0.29) is 6.03 Å². The van der Waals surface area contributed by atoms with Gasteiger partial charge in [0.25, 0.3) is 0 Å². The summed E-state index contributed by atoms with van der Waals surface area (Å²) in [4.78, 5) is 27.1. The van der Waals surface area contributed by atoms with Crippen molar-refractivity contribution in [1.29, 1.82) is 0 Å². The maximum absolute atomic E-state index is 12.4. The Labute approximate surface area is 187 Å². The second-order valence-corrected chi connectivity index (χ2v) is 7.00. The molecule has 2 heterocycles. The number of amides is 2. The Bertz CT molecular complexity index is 1110. The third kappa shape index (κ3) is 7.05. The lowest BCUT2D eigenvalue weighted by molar-refractivity contribution is -0.192. The van der Waals surface area contributed by atoms with Crippen LogP contribution in [-0.4, -0.2) is 59.8 Å². The van der Waals surface area contributed by atoms with Gasteiger partial charge in [-0.15, -0.1) is 5.10 Å². The number of aromatic nitrogens is 5. The van der Waals surface area contributed by atoms with Gasteiger partial charge in [-0.1, -0.05) is 25.1 Å². The molecule has 0 unspecified atom stereocenters. The van der Waals surface area contributed by atoms with Gasteiger partial charge in [0.05, 0.1) is 18.4 Å². The normalized spacial score (nSPS) is 10.9. The molecule has 0 saturated heterocycles. The molecule has 178 valence electrons. The number of aryl methyl sites for hydroxylation is 3. The first kappa shape index (κ1) is 25.4. The largest absolute Gasteiger partial charge is 0.490 e. The summed E-state index contributed by atoms with van der Waals surface area (Å²) in [5.74, 6) is -1.62. The highest BCUT2D eigenvalue weighted by molar-refractivity contribution is 5.87. The van der Waals surface area contributed by atoms with E-state index in [1.165, 1.54) is 0 Å². The zero-order chi connectivity index (χ0) is 24.8. The van der Waals surface area contributed by atoms with Crippen LogP contribution in [0.4, 0.5) is 23.9 Å². The first-order valence-electron chi connectivity index (χ1n) is 9.74. The molecule has 3 rings (SSSR count). The average Bonchev–Trinajstić information content (AvgIpc) is 3.34. The first-order chi connectivity index (χ1) is 15.4. The van der Waals surface area contributed by atoms with Crippen LogP contribution in [0.25, 0.3) is 5.69 Å². The minimum Gasteiger partial charge on any atom is -0.475 e. The van der Waals surface area contributed by atoms with E-state index in [0.29, 0.717) is 12.5 Å². The Hall–Kier alpha value is -3.90. The van der Waals surface area contributed by atoms with Crippen molar-refractivity contribution in [3.63, 3.8) is 0 Å². The zero-order valence-corrected chi connectivity index (χ0v) is 18.5. The van der Waals surface area contributed by atoms with Crippen molar-refractivity contribution in [2.75, 3.05) is 12.4 Å². The molecule has 33 heavy (non-hydrogen) atoms. The Morgan fingerprint density at radius 2 is 1.88 bits per heavy atom. The molecule has 10 nitrogen and oxygen atoms in total. The van der Waals surface area contributed by atoms with Gasteiger partial charge in [0.1, 0.15) is 5.82 Å². The molecule has 2 aromatic heterocycles. The van der Waals surface area contributed by atoms with Crippen LogP contribution >= 0.6 is 0 Å². The number of carbonyl (C=O) groups excluding carboxylic acids is 1. The molecule has 0 aliphatic heterocycles. The molecule has 0 fully saturated rings. The third-order valence-electron chi connectivity index (χ3n) is 4.40. The van der Waals surface area contributed by atoms with Crippen molar-refractivity contribution in [3.8, 4) is 5.69 Å². The Balaban J connectivity index is 0.000000479. The fourth-order valence-corrected chi connectivity index (χ4v) is 2.71. The van der Waals surface area contributed by atoms with Crippen LogP contribution in [-0.2, 0) is 24.8 Å². The van der Waals surface area contributed by atoms with Gasteiger partial charge in [0.15, 0.2) is 0 Å². The monoisotopic (exact) mass is 467 g/mol. The van der Waals surface area contributed by atoms with Crippen LogP contribution in [0.5, 0.6) is 0 Å². The maximum Gasteiger partial charge on any atom is 0.490 e. The number of para-hydroxylation sites is 1. The lowest BCUT2D eigenvalue weighted by atomic mass is 10.2. The fourth-order valence-electron chi connectivity index (χ4n) is 2.71. The molecular weight excluding hydrogens is 443 g/mol. The van der Waals surface area contributed by atoms with Crippen LogP contribution in [0.2, 0.25) is 0 Å². The summed E-state index contributed by atoms with van der Waals surface area (Å²) in [6, 6.07) is 7.77. The molecule has 0 radical (unpaired) electrons. The van der Waals surface area contributed by atoms with E-state index in [0.717, 1.165) is 29.1 Å². The molecule has 1 aromatic carbocycles. The number of halogens is 3. The summed E-state index contributed by atoms with van der Waals surface area (Å²) in [5.41, 5.74) is 3.10. The summed E-state index contributed by atoms with van der Waals surface area (Å²) >= 11 is 0. The smallest absolute Gasteiger partial charge is 0.475 e. The molecule has 0 saturated carbocycles. The Morgan fingerprint density at radius 1 is 1.24 bits per heavy atom. The van der Waals surface area contributed by atoms with Gasteiger partial charge in [-0.3, -0.25) is 10.00 Å². The van der Waals surface area contributed by atoms with E-state index in [1.54, 1.807) is 22.8 Å². The number of alkyl halides is 3. The minimum atomic E-state index is -5.08. The van der Waals surface area contributed by atoms with Gasteiger partial charge < -0.3 is 10.0 Å². The summed E-state index contributed by atoms with van der Waals surface area (Å²) in [7, 11) is 3.54. The van der Waals surface area contributed by atoms with Crippen LogP contribution < -0.4 is 5.32 Å². The first-order valence-corrected chi connectivity index (χ1v) is 9.74. The quantitative estimate of drug-likeness (QED) is 0.595. The number of nitrogens with zero attached hydrogens (tertiary/aromatic N) is 6. The molecule has 3 aromatic rings. The number of carboxylic acid groups (broad SMARTS) is 1. The van der Waals surface area contributed by atoms with Gasteiger partial charge in [-0.2, -0.15) is 23.3 Å². The molecule has 0 aliphatic carbocycles. The van der Waals surface area contributed by atoms with Crippen molar-refractivity contribution in [2.45, 2.75) is 33.0 Å². The van der Waals surface area contributed by atoms with E-state index in [9.17, 15) is 18.0 Å². The standard InChI is InChI=1S/C18H23N7O.C2HF3O2/c1-5-16-20-17(22-24(16)4)21-18(26)23(3)11-14-10-19-25(12-14)15-9-7-6-8-13(15)2;3-2(4,5)1(6)7/h6-10,12H,5,11H2,1-4H3,(H,21,22,26);(H,6,7). The molecule has 0 aliphatic rings. The number of carboxylic acids is 1. The van der Waals surface area contributed by atoms with Gasteiger partial charge in [0, 0.05) is 32.3 Å². The Morgan fingerprint density at radius 3 is 2.42 bits per heavy atom. The number of carbonyl (C=O) groups is 2. The van der Waals surface area contributed by atoms with Crippen LogP contribution in [0.1, 0.15) is 23.9 Å². The predicted octanol–water partition coefficient (Wildman–Crippen LogP) is 3.17. The molecule has 13 heteroatoms. The van der Waals surface area contributed by atoms with Gasteiger partial charge >= 0.3 is 18.2 Å². The molecule has 2 amide bonds. The van der Waals surface area contributed by atoms with Crippen molar-refractivity contribution in [2.24, 2.45) is 7.05 Å². The Kier molecular flexibility index (Phi) is 8.16. The summed E-state index contributed by atoms with van der Waals surface area (Å²) < 4.78 is 35.2. The number of anilines is 1. The molecule has 0 bridgehead atoms. The van der Waals surface area contributed by atoms with Gasteiger partial charge in [0.2, 0.25) is 5.95 Å². The number of benzene rings is 1. The number of urea groups is 1. The molecule has 0 atom stereocenters. The number of nitrogens with one attached hydrogen (secondary N) is 1. The molecular formula is C20H24F3N7O3. The SMILES string of the molecule is CCc1nc(NC(=O)N(C)Cc2cnn(-c3ccccc3C)c2)nn1C.O=C(O)C(F)(F)F. The van der Waals surface area contributed by atoms with E-state index in [4.69, 9.17) is 9.90 Å². The topological polar surface area (TPSA) is 118 Å². The van der Waals surface area contributed by atoms with E-state index in [2.05, 4.69) is 20.5 Å². The van der Waals surface area contributed by atoms with E-state index >= 15 is 0 Å². The predicted molar refractivity (Wildman–Crippen MR) is 113 cm³/mol. The highest BCUT2D eigenvalue weighted by Crippen LogP contribution is 2.14. The number of hydrogen-bond donors (Lipinski definition) is 2. The van der Waals surface area contributed by atoms with Crippen LogP contribution in [0, 0.1) is 6.92 Å². The van der Waals surface area contributed by atoms with Gasteiger partial charge in [-0.05, 0) is 18.6 Å². The minimum absolute atomic E-state index is 0.262. The fraction of sp³-hybridized carbons (Fsp3) is 0.350. The lowest BCUT2D eigenvalue weighted by Gasteiger charge is -2.15. The zero-order valence-electron chi connectivity index (χ0n) is 18.5. The second-order valence-electron chi connectivity index (χ2n) is 7.00. The van der Waals surface area contributed by atoms with Gasteiger partial charge in [-0.25, -0.2) is 14.3 Å². The maximum atomic E-state index is 12.4. The second kappa shape index (κ2) is 10.6. The highest BCUT2D eigenvalue weighted by Gasteiger charge is 2.38. The van der Waals surface area contributed by atoms with Crippen LogP contribution in [0.3, 0.4) is 0 Å². The third-order valence-corrected chi connectivity index (χ3v) is 4.40. The number of aliphatic carboxylic acids is 1. The molecule has 0 spiro atoms. The van der Waals surface area contributed by atoms with E-state index in [1.807, 2.05) is 56.0 Å². The highest BCUT2D eigenvalue weighted by atomic mass is 19.4. The van der Waals surface area contributed by atoms with Crippen molar-refractivity contribution in [1.82, 2.24) is 29.4 Å². The van der Waals surface area contributed by atoms with Crippen molar-refractivity contribution >= 4 is 17.9 Å². The summed E-state index contributed by atoms with van der Waals surface area (Å²) in [5, 5.41) is 18.4. The van der Waals surface area contributed by atoms with E-state index < -0.39 is 12.1 Å². The summed E-state index contributed by atoms with van der Waals surface area (Å²) in [6.45, 7) is 4.47. The summed E-state index contributed by atoms with van der Waals surface area (Å²) in [6.07, 6.45) is -0.627. The number of rotatable bonds is 5.